The van der Waals surface area contributed by atoms with Crippen molar-refractivity contribution in [2.24, 2.45) is 7.05 Å². The SMILES string of the molecule is Cc1cc([N+](=O)[O-])cc(S(=O)(=O)N2CCNCC2c2nccn2C)c1C.Cl. The average Bonchev–Trinajstić information content (AvgIpc) is 3.02. The van der Waals surface area contributed by atoms with Gasteiger partial charge in [-0.1, -0.05) is 0 Å². The zero-order valence-corrected chi connectivity index (χ0v) is 16.9. The molecule has 1 aliphatic heterocycles. The van der Waals surface area contributed by atoms with Crippen LogP contribution in [0, 0.1) is 24.0 Å². The number of nitro groups is 1. The number of non-ortho nitro benzene ring substituents is 1. The fraction of sp³-hybridized carbons (Fsp3) is 0.438. The van der Waals surface area contributed by atoms with Crippen LogP contribution in [0.3, 0.4) is 0 Å². The van der Waals surface area contributed by atoms with Crippen molar-refractivity contribution in [2.75, 3.05) is 19.6 Å². The fourth-order valence-corrected chi connectivity index (χ4v) is 5.11. The Bertz CT molecular complexity index is 960. The van der Waals surface area contributed by atoms with Crippen LogP contribution in [0.4, 0.5) is 5.69 Å². The summed E-state index contributed by atoms with van der Waals surface area (Å²) in [4.78, 5) is 14.9. The highest BCUT2D eigenvalue weighted by atomic mass is 35.5. The average molecular weight is 416 g/mol. The van der Waals surface area contributed by atoms with Gasteiger partial charge in [0.15, 0.2) is 0 Å². The van der Waals surface area contributed by atoms with E-state index in [0.29, 0.717) is 30.0 Å². The minimum atomic E-state index is -3.93. The van der Waals surface area contributed by atoms with Crippen LogP contribution >= 0.6 is 12.4 Å². The second-order valence-electron chi connectivity index (χ2n) is 6.37. The largest absolute Gasteiger partial charge is 0.337 e. The molecule has 1 fully saturated rings. The molecule has 1 N–H and O–H groups in total. The van der Waals surface area contributed by atoms with Crippen molar-refractivity contribution in [3.8, 4) is 0 Å². The maximum atomic E-state index is 13.4. The number of nitrogens with zero attached hydrogens (tertiary/aromatic N) is 4. The second kappa shape index (κ2) is 7.93. The van der Waals surface area contributed by atoms with E-state index in [-0.39, 0.29) is 29.5 Å². The van der Waals surface area contributed by atoms with Gasteiger partial charge in [0.05, 0.1) is 15.9 Å². The topological polar surface area (TPSA) is 110 Å². The predicted octanol–water partition coefficient (Wildman–Crippen LogP) is 1.70. The van der Waals surface area contributed by atoms with E-state index in [1.807, 2.05) is 7.05 Å². The van der Waals surface area contributed by atoms with E-state index >= 15 is 0 Å². The molecule has 9 nitrogen and oxygen atoms in total. The first-order chi connectivity index (χ1) is 12.2. The van der Waals surface area contributed by atoms with Crippen molar-refractivity contribution in [3.63, 3.8) is 0 Å². The van der Waals surface area contributed by atoms with Crippen LogP contribution < -0.4 is 5.32 Å². The maximum absolute atomic E-state index is 13.4. The van der Waals surface area contributed by atoms with E-state index in [2.05, 4.69) is 10.3 Å². The maximum Gasteiger partial charge on any atom is 0.271 e. The Balaban J connectivity index is 0.00000261. The molecule has 148 valence electrons. The van der Waals surface area contributed by atoms with Gasteiger partial charge >= 0.3 is 0 Å². The van der Waals surface area contributed by atoms with Gasteiger partial charge in [0, 0.05) is 51.2 Å². The predicted molar refractivity (Wildman–Crippen MR) is 103 cm³/mol. The van der Waals surface area contributed by atoms with Crippen LogP contribution in [0.25, 0.3) is 0 Å². The van der Waals surface area contributed by atoms with Crippen LogP contribution in [-0.2, 0) is 17.1 Å². The second-order valence-corrected chi connectivity index (χ2v) is 8.23. The molecule has 0 amide bonds. The summed E-state index contributed by atoms with van der Waals surface area (Å²) in [5, 5.41) is 14.4. The first-order valence-corrected chi connectivity index (χ1v) is 9.63. The molecule has 1 unspecified atom stereocenters. The van der Waals surface area contributed by atoms with E-state index in [9.17, 15) is 18.5 Å². The molecule has 0 radical (unpaired) electrons. The molecule has 1 aromatic carbocycles. The van der Waals surface area contributed by atoms with Crippen LogP contribution in [0.1, 0.15) is 23.0 Å². The molecule has 1 atom stereocenters. The van der Waals surface area contributed by atoms with Crippen LogP contribution in [0.15, 0.2) is 29.4 Å². The molecule has 27 heavy (non-hydrogen) atoms. The van der Waals surface area contributed by atoms with Gasteiger partial charge in [-0.3, -0.25) is 10.1 Å². The summed E-state index contributed by atoms with van der Waals surface area (Å²) in [6.07, 6.45) is 3.38. The third-order valence-electron chi connectivity index (χ3n) is 4.75. The number of aromatic nitrogens is 2. The standard InChI is InChI=1S/C16H21N5O4S.ClH/c1-11-8-13(21(22)23)9-15(12(11)2)26(24,25)20-7-4-17-10-14(20)16-18-5-6-19(16)3;/h5-6,8-9,14,17H,4,7,10H2,1-3H3;1H. The van der Waals surface area contributed by atoms with E-state index in [4.69, 9.17) is 0 Å². The Hall–Kier alpha value is -2.01. The molecule has 1 saturated heterocycles. The Labute approximate surface area is 164 Å². The Morgan fingerprint density at radius 3 is 2.63 bits per heavy atom. The number of hydrogen-bond donors (Lipinski definition) is 1. The van der Waals surface area contributed by atoms with Gasteiger partial charge in [0.25, 0.3) is 5.69 Å². The monoisotopic (exact) mass is 415 g/mol. The van der Waals surface area contributed by atoms with E-state index in [0.717, 1.165) is 6.07 Å². The molecule has 0 aliphatic carbocycles. The van der Waals surface area contributed by atoms with Crippen LogP contribution in [0.5, 0.6) is 0 Å². The Morgan fingerprint density at radius 1 is 1.33 bits per heavy atom. The number of aryl methyl sites for hydroxylation is 2. The first-order valence-electron chi connectivity index (χ1n) is 8.19. The third kappa shape index (κ3) is 3.84. The van der Waals surface area contributed by atoms with Crippen molar-refractivity contribution in [1.82, 2.24) is 19.2 Å². The van der Waals surface area contributed by atoms with Crippen molar-refractivity contribution in [2.45, 2.75) is 24.8 Å². The van der Waals surface area contributed by atoms with E-state index < -0.39 is 21.0 Å². The lowest BCUT2D eigenvalue weighted by atomic mass is 10.1. The Kier molecular flexibility index (Phi) is 6.25. The number of piperazine rings is 1. The number of rotatable bonds is 4. The van der Waals surface area contributed by atoms with E-state index in [1.165, 1.54) is 10.4 Å². The number of benzene rings is 1. The quantitative estimate of drug-likeness (QED) is 0.601. The first kappa shape index (κ1) is 21.3. The summed E-state index contributed by atoms with van der Waals surface area (Å²) in [5.74, 6) is 0.626. The van der Waals surface area contributed by atoms with Crippen LogP contribution in [-0.4, -0.2) is 46.8 Å². The Morgan fingerprint density at radius 2 is 2.04 bits per heavy atom. The van der Waals surface area contributed by atoms with Crippen molar-refractivity contribution < 1.29 is 13.3 Å². The molecule has 0 bridgehead atoms. The lowest BCUT2D eigenvalue weighted by Gasteiger charge is -2.35. The fourth-order valence-electron chi connectivity index (χ4n) is 3.20. The summed E-state index contributed by atoms with van der Waals surface area (Å²) in [5.41, 5.74) is 0.865. The van der Waals surface area contributed by atoms with Crippen LogP contribution in [0.2, 0.25) is 0 Å². The summed E-state index contributed by atoms with van der Waals surface area (Å²) >= 11 is 0. The molecule has 1 aliphatic rings. The number of nitro benzene ring substituents is 1. The van der Waals surface area contributed by atoms with Gasteiger partial charge < -0.3 is 9.88 Å². The lowest BCUT2D eigenvalue weighted by molar-refractivity contribution is -0.385. The van der Waals surface area contributed by atoms with Gasteiger partial charge in [-0.25, -0.2) is 13.4 Å². The molecular weight excluding hydrogens is 394 g/mol. The van der Waals surface area contributed by atoms with Crippen molar-refractivity contribution in [3.05, 3.63) is 51.6 Å². The number of halogens is 1. The highest BCUT2D eigenvalue weighted by Crippen LogP contribution is 2.32. The van der Waals surface area contributed by atoms with Gasteiger partial charge in [0.2, 0.25) is 10.0 Å². The summed E-state index contributed by atoms with van der Waals surface area (Å²) < 4.78 is 30.0. The summed E-state index contributed by atoms with van der Waals surface area (Å²) in [6.45, 7) is 4.55. The molecule has 2 heterocycles. The molecule has 11 heteroatoms. The number of hydrogen-bond acceptors (Lipinski definition) is 6. The molecule has 0 spiro atoms. The highest BCUT2D eigenvalue weighted by Gasteiger charge is 2.38. The number of imidazole rings is 1. The molecule has 2 aromatic rings. The third-order valence-corrected chi connectivity index (χ3v) is 6.79. The van der Waals surface area contributed by atoms with Gasteiger partial charge in [-0.05, 0) is 25.0 Å². The lowest BCUT2D eigenvalue weighted by Crippen LogP contribution is -2.49. The van der Waals surface area contributed by atoms with Gasteiger partial charge in [0.1, 0.15) is 5.82 Å². The number of nitrogens with one attached hydrogen (secondary N) is 1. The highest BCUT2D eigenvalue weighted by molar-refractivity contribution is 7.89. The smallest absolute Gasteiger partial charge is 0.271 e. The minimum absolute atomic E-state index is 0. The number of sulfonamides is 1. The van der Waals surface area contributed by atoms with Crippen molar-refractivity contribution >= 4 is 28.1 Å². The summed E-state index contributed by atoms with van der Waals surface area (Å²) in [7, 11) is -2.12. The van der Waals surface area contributed by atoms with E-state index in [1.54, 1.807) is 30.8 Å². The molecule has 0 saturated carbocycles. The molecular formula is C16H22ClN5O4S. The zero-order valence-electron chi connectivity index (χ0n) is 15.2. The van der Waals surface area contributed by atoms with Gasteiger partial charge in [-0.2, -0.15) is 4.31 Å². The molecule has 3 rings (SSSR count). The molecule has 1 aromatic heterocycles. The van der Waals surface area contributed by atoms with Crippen molar-refractivity contribution in [1.29, 1.82) is 0 Å². The summed E-state index contributed by atoms with van der Waals surface area (Å²) in [6, 6.07) is 2.06. The van der Waals surface area contributed by atoms with Gasteiger partial charge in [-0.15, -0.1) is 12.4 Å². The normalized spacial score (nSPS) is 18.1. The zero-order chi connectivity index (χ0) is 19.1. The minimum Gasteiger partial charge on any atom is -0.337 e.